The van der Waals surface area contributed by atoms with Crippen LogP contribution in [-0.4, -0.2) is 24.8 Å². The van der Waals surface area contributed by atoms with Gasteiger partial charge in [-0.2, -0.15) is 4.31 Å². The molecule has 0 spiro atoms. The van der Waals surface area contributed by atoms with Gasteiger partial charge < -0.3 is 0 Å². The number of hydrogen-bond acceptors (Lipinski definition) is 4. The molecule has 7 heteroatoms. The van der Waals surface area contributed by atoms with E-state index >= 15 is 0 Å². The summed E-state index contributed by atoms with van der Waals surface area (Å²) in [6.07, 6.45) is 0. The van der Waals surface area contributed by atoms with Crippen molar-refractivity contribution in [3.8, 4) is 0 Å². The van der Waals surface area contributed by atoms with Gasteiger partial charge in [0, 0.05) is 12.1 Å². The minimum atomic E-state index is -3.61. The van der Waals surface area contributed by atoms with E-state index in [1.807, 2.05) is 24.3 Å². The van der Waals surface area contributed by atoms with Crippen LogP contribution in [0.4, 0.5) is 0 Å². The summed E-state index contributed by atoms with van der Waals surface area (Å²) in [5, 5.41) is 1.21. The van der Waals surface area contributed by atoms with Crippen molar-refractivity contribution in [1.82, 2.24) is 9.29 Å². The monoisotopic (exact) mass is 366 g/mol. The maximum absolute atomic E-state index is 12.8. The van der Waals surface area contributed by atoms with Crippen LogP contribution < -0.4 is 0 Å². The zero-order chi connectivity index (χ0) is 16.6. The molecular weight excluding hydrogens is 352 g/mol. The summed E-state index contributed by atoms with van der Waals surface area (Å²) >= 11 is 7.55. The standard InChI is InChI=1S/C16H15ClN2O2S2/c1-11-12(17)6-5-9-15(11)23(20,21)19(2)10-16-18-13-7-3-4-8-14(13)22-16/h3-9H,10H2,1-2H3. The number of fused-ring (bicyclic) bond motifs is 1. The van der Waals surface area contributed by atoms with Gasteiger partial charge in [-0.3, -0.25) is 0 Å². The van der Waals surface area contributed by atoms with Crippen LogP contribution in [0.25, 0.3) is 10.2 Å². The largest absolute Gasteiger partial charge is 0.243 e. The molecule has 1 aromatic heterocycles. The summed E-state index contributed by atoms with van der Waals surface area (Å²) in [7, 11) is -2.05. The lowest BCUT2D eigenvalue weighted by Crippen LogP contribution is -2.27. The summed E-state index contributed by atoms with van der Waals surface area (Å²) in [6, 6.07) is 12.7. The number of sulfonamides is 1. The van der Waals surface area contributed by atoms with Gasteiger partial charge in [-0.25, -0.2) is 13.4 Å². The Morgan fingerprint density at radius 1 is 1.17 bits per heavy atom. The van der Waals surface area contributed by atoms with Crippen molar-refractivity contribution in [2.24, 2.45) is 0 Å². The van der Waals surface area contributed by atoms with E-state index in [0.29, 0.717) is 10.6 Å². The fourth-order valence-electron chi connectivity index (χ4n) is 2.30. The predicted octanol–water partition coefficient (Wildman–Crippen LogP) is 4.08. The van der Waals surface area contributed by atoms with Crippen molar-refractivity contribution in [2.45, 2.75) is 18.4 Å². The first-order valence-corrected chi connectivity index (χ1v) is 9.59. The van der Waals surface area contributed by atoms with E-state index in [2.05, 4.69) is 4.98 Å². The Morgan fingerprint density at radius 3 is 2.65 bits per heavy atom. The number of para-hydroxylation sites is 1. The molecule has 0 saturated carbocycles. The van der Waals surface area contributed by atoms with E-state index in [9.17, 15) is 8.42 Å². The molecule has 1 heterocycles. The van der Waals surface area contributed by atoms with Crippen LogP contribution in [0.1, 0.15) is 10.6 Å². The first-order valence-electron chi connectivity index (χ1n) is 6.95. The number of nitrogens with zero attached hydrogens (tertiary/aromatic N) is 2. The molecule has 23 heavy (non-hydrogen) atoms. The van der Waals surface area contributed by atoms with Crippen molar-refractivity contribution < 1.29 is 8.42 Å². The van der Waals surface area contributed by atoms with Crippen LogP contribution >= 0.6 is 22.9 Å². The second-order valence-electron chi connectivity index (χ2n) is 5.20. The van der Waals surface area contributed by atoms with Crippen LogP contribution in [0.5, 0.6) is 0 Å². The highest BCUT2D eigenvalue weighted by Gasteiger charge is 2.24. The average molecular weight is 367 g/mol. The SMILES string of the molecule is Cc1c(Cl)cccc1S(=O)(=O)N(C)Cc1nc2ccccc2s1. The molecule has 0 amide bonds. The maximum Gasteiger partial charge on any atom is 0.243 e. The Kier molecular flexibility index (Phi) is 4.42. The summed E-state index contributed by atoms with van der Waals surface area (Å²) in [4.78, 5) is 4.72. The van der Waals surface area contributed by atoms with Gasteiger partial charge in [0.25, 0.3) is 0 Å². The number of rotatable bonds is 4. The van der Waals surface area contributed by atoms with Gasteiger partial charge in [0.1, 0.15) is 5.01 Å². The lowest BCUT2D eigenvalue weighted by Gasteiger charge is -2.17. The third-order valence-corrected chi connectivity index (χ3v) is 6.98. The van der Waals surface area contributed by atoms with Crippen LogP contribution in [0, 0.1) is 6.92 Å². The van der Waals surface area contributed by atoms with Crippen molar-refractivity contribution >= 4 is 43.2 Å². The Bertz CT molecular complexity index is 934. The number of aromatic nitrogens is 1. The number of thiazole rings is 1. The molecule has 2 aromatic carbocycles. The van der Waals surface area contributed by atoms with Gasteiger partial charge >= 0.3 is 0 Å². The molecule has 0 aliphatic heterocycles. The van der Waals surface area contributed by atoms with Crippen molar-refractivity contribution in [2.75, 3.05) is 7.05 Å². The van der Waals surface area contributed by atoms with Crippen molar-refractivity contribution in [1.29, 1.82) is 0 Å². The maximum atomic E-state index is 12.8. The summed E-state index contributed by atoms with van der Waals surface area (Å²) in [6.45, 7) is 1.94. The summed E-state index contributed by atoms with van der Waals surface area (Å²) in [5.41, 5.74) is 1.45. The molecule has 0 radical (unpaired) electrons. The Labute approximate surface area is 144 Å². The van der Waals surface area contributed by atoms with Crippen molar-refractivity contribution in [3.05, 3.63) is 58.1 Å². The molecule has 0 unspecified atom stereocenters. The lowest BCUT2D eigenvalue weighted by molar-refractivity contribution is 0.465. The summed E-state index contributed by atoms with van der Waals surface area (Å²) < 4.78 is 27.9. The Balaban J connectivity index is 1.92. The first kappa shape index (κ1) is 16.4. The number of hydrogen-bond donors (Lipinski definition) is 0. The molecule has 4 nitrogen and oxygen atoms in total. The van der Waals surface area contributed by atoms with Crippen LogP contribution in [0.3, 0.4) is 0 Å². The normalized spacial score (nSPS) is 12.2. The molecular formula is C16H15ClN2O2S2. The number of halogens is 1. The summed E-state index contributed by atoms with van der Waals surface area (Å²) in [5.74, 6) is 0. The third kappa shape index (κ3) is 3.12. The van der Waals surface area contributed by atoms with E-state index in [1.165, 1.54) is 15.6 Å². The van der Waals surface area contributed by atoms with Gasteiger partial charge in [-0.1, -0.05) is 29.8 Å². The highest BCUT2D eigenvalue weighted by molar-refractivity contribution is 7.89. The van der Waals surface area contributed by atoms with E-state index in [0.717, 1.165) is 15.2 Å². The van der Waals surface area contributed by atoms with E-state index in [-0.39, 0.29) is 11.4 Å². The van der Waals surface area contributed by atoms with Gasteiger partial charge in [-0.05, 0) is 36.8 Å². The minimum absolute atomic E-state index is 0.230. The molecule has 0 aliphatic rings. The predicted molar refractivity (Wildman–Crippen MR) is 94.5 cm³/mol. The fraction of sp³-hybridized carbons (Fsp3) is 0.188. The van der Waals surface area contributed by atoms with E-state index in [1.54, 1.807) is 32.2 Å². The molecule has 0 saturated heterocycles. The zero-order valence-electron chi connectivity index (χ0n) is 12.7. The van der Waals surface area contributed by atoms with Crippen LogP contribution in [0.2, 0.25) is 5.02 Å². The molecule has 0 aliphatic carbocycles. The fourth-order valence-corrected chi connectivity index (χ4v) is 5.01. The topological polar surface area (TPSA) is 50.3 Å². The van der Waals surface area contributed by atoms with E-state index < -0.39 is 10.0 Å². The first-order chi connectivity index (χ1) is 10.9. The van der Waals surface area contributed by atoms with Crippen molar-refractivity contribution in [3.63, 3.8) is 0 Å². The Hall–Kier alpha value is -1.47. The van der Waals surface area contributed by atoms with Gasteiger partial charge in [0.15, 0.2) is 0 Å². The van der Waals surface area contributed by atoms with Crippen LogP contribution in [-0.2, 0) is 16.6 Å². The average Bonchev–Trinajstić information content (AvgIpc) is 2.92. The molecule has 0 N–H and O–H groups in total. The second kappa shape index (κ2) is 6.20. The molecule has 3 aromatic rings. The quantitative estimate of drug-likeness (QED) is 0.699. The minimum Gasteiger partial charge on any atom is -0.240 e. The van der Waals surface area contributed by atoms with Gasteiger partial charge in [-0.15, -0.1) is 11.3 Å². The zero-order valence-corrected chi connectivity index (χ0v) is 15.0. The Morgan fingerprint density at radius 2 is 1.91 bits per heavy atom. The molecule has 0 fully saturated rings. The van der Waals surface area contributed by atoms with Crippen LogP contribution in [0.15, 0.2) is 47.4 Å². The van der Waals surface area contributed by atoms with Gasteiger partial charge in [0.2, 0.25) is 10.0 Å². The smallest absolute Gasteiger partial charge is 0.240 e. The highest BCUT2D eigenvalue weighted by atomic mass is 35.5. The molecule has 0 atom stereocenters. The van der Waals surface area contributed by atoms with E-state index in [4.69, 9.17) is 11.6 Å². The lowest BCUT2D eigenvalue weighted by atomic mass is 10.2. The highest BCUT2D eigenvalue weighted by Crippen LogP contribution is 2.27. The second-order valence-corrected chi connectivity index (χ2v) is 8.74. The third-order valence-electron chi connectivity index (χ3n) is 3.60. The molecule has 120 valence electrons. The molecule has 3 rings (SSSR count). The molecule has 0 bridgehead atoms. The number of benzene rings is 2. The van der Waals surface area contributed by atoms with Gasteiger partial charge in [0.05, 0.1) is 21.7 Å².